The zero-order valence-electron chi connectivity index (χ0n) is 20.4. The van der Waals surface area contributed by atoms with Crippen molar-refractivity contribution in [1.29, 1.82) is 5.26 Å². The number of nitrogens with one attached hydrogen (secondary N) is 2. The monoisotopic (exact) mass is 423 g/mol. The summed E-state index contributed by atoms with van der Waals surface area (Å²) in [6, 6.07) is 3.03. The first kappa shape index (κ1) is 26.8. The van der Waals surface area contributed by atoms with Gasteiger partial charge in [-0.05, 0) is 54.4 Å². The summed E-state index contributed by atoms with van der Waals surface area (Å²) in [5, 5.41) is 16.5. The van der Waals surface area contributed by atoms with Gasteiger partial charge in [0.1, 0.15) is 0 Å². The molecule has 2 N–H and O–H groups in total. The molecule has 0 aromatic heterocycles. The molecule has 2 atom stereocenters. The smallest absolute Gasteiger partial charge is 0.306 e. The average Bonchev–Trinajstić information content (AvgIpc) is 2.64. The Balaban J connectivity index is 2.92. The maximum Gasteiger partial charge on any atom is 0.306 e. The largest absolute Gasteiger partial charge is 0.469 e. The third-order valence-electron chi connectivity index (χ3n) is 6.20. The van der Waals surface area contributed by atoms with E-state index in [0.29, 0.717) is 31.5 Å². The number of esters is 1. The van der Waals surface area contributed by atoms with Crippen LogP contribution in [-0.2, 0) is 9.53 Å². The van der Waals surface area contributed by atoms with Gasteiger partial charge in [-0.2, -0.15) is 5.26 Å². The van der Waals surface area contributed by atoms with E-state index in [1.165, 1.54) is 7.11 Å². The van der Waals surface area contributed by atoms with Gasteiger partial charge in [-0.3, -0.25) is 14.6 Å². The van der Waals surface area contributed by atoms with E-state index in [4.69, 9.17) is 10.00 Å². The van der Waals surface area contributed by atoms with Gasteiger partial charge in [0.05, 0.1) is 19.6 Å². The summed E-state index contributed by atoms with van der Waals surface area (Å²) in [6.45, 7) is 18.6. The van der Waals surface area contributed by atoms with Crippen LogP contribution in [0.2, 0.25) is 0 Å². The number of hydrogen-bond acceptors (Lipinski definition) is 7. The lowest BCUT2D eigenvalue weighted by atomic mass is 9.93. The lowest BCUT2D eigenvalue weighted by Crippen LogP contribution is -2.53. The number of ether oxygens (including phenoxy) is 1. The van der Waals surface area contributed by atoms with Gasteiger partial charge in [-0.15, -0.1) is 0 Å². The van der Waals surface area contributed by atoms with Gasteiger partial charge >= 0.3 is 5.97 Å². The highest BCUT2D eigenvalue weighted by molar-refractivity contribution is 5.69. The first-order valence-corrected chi connectivity index (χ1v) is 11.4. The molecule has 0 spiro atoms. The minimum absolute atomic E-state index is 0.00160. The predicted octanol–water partition coefficient (Wildman–Crippen LogP) is 2.37. The second-order valence-corrected chi connectivity index (χ2v) is 10.0. The second-order valence-electron chi connectivity index (χ2n) is 10.0. The van der Waals surface area contributed by atoms with Crippen LogP contribution < -0.4 is 10.6 Å². The lowest BCUT2D eigenvalue weighted by molar-refractivity contribution is -0.141. The maximum absolute atomic E-state index is 11.7. The van der Waals surface area contributed by atoms with Crippen molar-refractivity contribution in [2.75, 3.05) is 46.4 Å². The molecule has 30 heavy (non-hydrogen) atoms. The molecule has 1 fully saturated rings. The van der Waals surface area contributed by atoms with Gasteiger partial charge in [-0.1, -0.05) is 0 Å². The van der Waals surface area contributed by atoms with E-state index in [-0.39, 0.29) is 17.0 Å². The van der Waals surface area contributed by atoms with Crippen LogP contribution in [0.4, 0.5) is 0 Å². The van der Waals surface area contributed by atoms with E-state index in [2.05, 4.69) is 68.0 Å². The van der Waals surface area contributed by atoms with Crippen molar-refractivity contribution in [3.8, 4) is 6.07 Å². The first-order valence-electron chi connectivity index (χ1n) is 11.4. The Hall–Kier alpha value is -1.20. The Labute approximate surface area is 184 Å². The molecule has 1 saturated heterocycles. The molecule has 1 aliphatic rings. The van der Waals surface area contributed by atoms with Gasteiger partial charge < -0.3 is 15.4 Å². The fourth-order valence-corrected chi connectivity index (χ4v) is 4.59. The van der Waals surface area contributed by atoms with E-state index in [1.807, 2.05) is 0 Å². The van der Waals surface area contributed by atoms with Crippen molar-refractivity contribution < 1.29 is 9.53 Å². The number of hydrogen-bond donors (Lipinski definition) is 2. The van der Waals surface area contributed by atoms with Gasteiger partial charge in [-0.25, -0.2) is 0 Å². The summed E-state index contributed by atoms with van der Waals surface area (Å²) in [6.07, 6.45) is 2.99. The predicted molar refractivity (Wildman–Crippen MR) is 122 cm³/mol. The highest BCUT2D eigenvalue weighted by Crippen LogP contribution is 2.19. The molecule has 1 rings (SSSR count). The number of methoxy groups -OCH3 is 1. The fourth-order valence-electron chi connectivity index (χ4n) is 4.59. The number of nitrogens with zero attached hydrogens (tertiary/aromatic N) is 3. The molecule has 0 aliphatic carbocycles. The summed E-state index contributed by atoms with van der Waals surface area (Å²) in [5.74, 6) is -0.154. The number of rotatable bonds is 5. The van der Waals surface area contributed by atoms with Crippen molar-refractivity contribution in [1.82, 2.24) is 20.4 Å². The third-order valence-corrected chi connectivity index (χ3v) is 6.20. The highest BCUT2D eigenvalue weighted by atomic mass is 16.5. The van der Waals surface area contributed by atoms with Crippen molar-refractivity contribution in [2.24, 2.45) is 0 Å². The molecule has 174 valence electrons. The summed E-state index contributed by atoms with van der Waals surface area (Å²) >= 11 is 0. The van der Waals surface area contributed by atoms with E-state index in [9.17, 15) is 4.79 Å². The van der Waals surface area contributed by atoms with Gasteiger partial charge in [0.25, 0.3) is 0 Å². The Morgan fingerprint density at radius 2 is 1.47 bits per heavy atom. The van der Waals surface area contributed by atoms with E-state index >= 15 is 0 Å². The minimum atomic E-state index is -0.154. The van der Waals surface area contributed by atoms with Crippen LogP contribution in [0, 0.1) is 11.3 Å². The first-order chi connectivity index (χ1) is 14.0. The summed E-state index contributed by atoms with van der Waals surface area (Å²) in [7, 11) is 1.45. The van der Waals surface area contributed by atoms with Crippen LogP contribution >= 0.6 is 0 Å². The van der Waals surface area contributed by atoms with Gasteiger partial charge in [0, 0.05) is 68.9 Å². The topological polar surface area (TPSA) is 80.6 Å². The van der Waals surface area contributed by atoms with Crippen LogP contribution in [0.3, 0.4) is 0 Å². The van der Waals surface area contributed by atoms with Crippen molar-refractivity contribution in [2.45, 2.75) is 90.4 Å². The molecule has 1 aliphatic heterocycles. The zero-order chi connectivity index (χ0) is 22.8. The van der Waals surface area contributed by atoms with Crippen LogP contribution in [0.25, 0.3) is 0 Å². The van der Waals surface area contributed by atoms with E-state index < -0.39 is 0 Å². The quantitative estimate of drug-likeness (QED) is 0.657. The highest BCUT2D eigenvalue weighted by Gasteiger charge is 2.28. The summed E-state index contributed by atoms with van der Waals surface area (Å²) in [4.78, 5) is 16.5. The molecule has 0 aromatic carbocycles. The standard InChI is InChI=1S/C23H45N5O2/c1-19-17-22(3,4)26-12-16-28(14-9-21(29)30-7)20(2)18-23(5,6)25-11-15-27(19)13-8-10-24/h19-20,25-26H,8-9,11-18H2,1-7H3/t19-,20+/m0/s1. The SMILES string of the molecule is COC(=O)CCN1CCNC(C)(C)C[C@H](C)N(CCC#N)CCNC(C)(C)C[C@H]1C. The lowest BCUT2D eigenvalue weighted by Gasteiger charge is -2.40. The van der Waals surface area contributed by atoms with Crippen LogP contribution in [0.1, 0.15) is 67.2 Å². The van der Waals surface area contributed by atoms with E-state index in [0.717, 1.165) is 45.6 Å². The van der Waals surface area contributed by atoms with Crippen LogP contribution in [0.15, 0.2) is 0 Å². The molecule has 7 nitrogen and oxygen atoms in total. The number of nitriles is 1. The zero-order valence-corrected chi connectivity index (χ0v) is 20.4. The third kappa shape index (κ3) is 10.2. The molecule has 1 heterocycles. The van der Waals surface area contributed by atoms with Crippen molar-refractivity contribution in [3.05, 3.63) is 0 Å². The molecule has 0 radical (unpaired) electrons. The normalized spacial score (nSPS) is 27.0. The molecule has 0 amide bonds. The molecular formula is C23H45N5O2. The average molecular weight is 424 g/mol. The Kier molecular flexibility index (Phi) is 11.3. The Bertz CT molecular complexity index is 558. The van der Waals surface area contributed by atoms with Crippen LogP contribution in [0.5, 0.6) is 0 Å². The second kappa shape index (κ2) is 12.6. The minimum Gasteiger partial charge on any atom is -0.469 e. The molecule has 0 unspecified atom stereocenters. The number of carbonyl (C=O) groups excluding carboxylic acids is 1. The maximum atomic E-state index is 11.7. The van der Waals surface area contributed by atoms with Crippen LogP contribution in [-0.4, -0.2) is 85.3 Å². The summed E-state index contributed by atoms with van der Waals surface area (Å²) in [5.41, 5.74) is -0.0116. The van der Waals surface area contributed by atoms with Crippen molar-refractivity contribution in [3.63, 3.8) is 0 Å². The van der Waals surface area contributed by atoms with E-state index in [1.54, 1.807) is 0 Å². The fraction of sp³-hybridized carbons (Fsp3) is 0.913. The van der Waals surface area contributed by atoms with Crippen molar-refractivity contribution >= 4 is 5.97 Å². The Morgan fingerprint density at radius 3 is 1.90 bits per heavy atom. The molecule has 0 saturated carbocycles. The molecule has 7 heteroatoms. The Morgan fingerprint density at radius 1 is 1.00 bits per heavy atom. The number of carbonyl (C=O) groups is 1. The van der Waals surface area contributed by atoms with Gasteiger partial charge in [0.15, 0.2) is 0 Å². The summed E-state index contributed by atoms with van der Waals surface area (Å²) < 4.78 is 4.85. The molecular weight excluding hydrogens is 378 g/mol. The van der Waals surface area contributed by atoms with Gasteiger partial charge in [0.2, 0.25) is 0 Å². The molecule has 0 bridgehead atoms. The molecule has 0 aromatic rings.